The maximum atomic E-state index is 10.9. The topological polar surface area (TPSA) is 76.2 Å². The van der Waals surface area contributed by atoms with E-state index in [0.29, 0.717) is 16.7 Å². The highest BCUT2D eigenvalue weighted by Gasteiger charge is 2.10. The summed E-state index contributed by atoms with van der Waals surface area (Å²) >= 11 is 1.20. The van der Waals surface area contributed by atoms with E-state index in [4.69, 9.17) is 9.52 Å². The van der Waals surface area contributed by atoms with Gasteiger partial charge in [-0.15, -0.1) is 0 Å². The average molecular weight is 250 g/mol. The molecule has 6 heteroatoms. The molecule has 0 bridgehead atoms. The SMILES string of the molecule is CCc1cc(C(=O)O)cc(Sc2ncco2)n1. The lowest BCUT2D eigenvalue weighted by molar-refractivity contribution is 0.0696. The van der Waals surface area contributed by atoms with E-state index in [9.17, 15) is 4.79 Å². The van der Waals surface area contributed by atoms with Crippen LogP contribution in [0.5, 0.6) is 0 Å². The highest BCUT2D eigenvalue weighted by Crippen LogP contribution is 2.25. The third-order valence-corrected chi connectivity index (χ3v) is 2.86. The van der Waals surface area contributed by atoms with Crippen molar-refractivity contribution in [1.29, 1.82) is 0 Å². The summed E-state index contributed by atoms with van der Waals surface area (Å²) in [5, 5.41) is 10.00. The fraction of sp³-hybridized carbons (Fsp3) is 0.182. The number of hydrogen-bond acceptors (Lipinski definition) is 5. The molecule has 0 aliphatic carbocycles. The molecule has 88 valence electrons. The van der Waals surface area contributed by atoms with E-state index in [1.54, 1.807) is 6.07 Å². The molecule has 0 saturated carbocycles. The van der Waals surface area contributed by atoms with Crippen LogP contribution in [0.3, 0.4) is 0 Å². The smallest absolute Gasteiger partial charge is 0.335 e. The van der Waals surface area contributed by atoms with E-state index in [1.165, 1.54) is 30.3 Å². The summed E-state index contributed by atoms with van der Waals surface area (Å²) in [6, 6.07) is 3.08. The van der Waals surface area contributed by atoms with Crippen molar-refractivity contribution in [3.05, 3.63) is 35.9 Å². The summed E-state index contributed by atoms with van der Waals surface area (Å²) < 4.78 is 5.08. The molecule has 2 heterocycles. The number of aromatic nitrogens is 2. The Bertz CT molecular complexity index is 526. The van der Waals surface area contributed by atoms with Gasteiger partial charge in [-0.3, -0.25) is 0 Å². The van der Waals surface area contributed by atoms with Crippen LogP contribution in [0.25, 0.3) is 0 Å². The second-order valence-corrected chi connectivity index (χ2v) is 4.22. The molecule has 0 radical (unpaired) electrons. The van der Waals surface area contributed by atoms with Crippen molar-refractivity contribution >= 4 is 17.7 Å². The van der Waals surface area contributed by atoms with Crippen molar-refractivity contribution < 1.29 is 14.3 Å². The number of nitrogens with zero attached hydrogens (tertiary/aromatic N) is 2. The van der Waals surface area contributed by atoms with Gasteiger partial charge >= 0.3 is 5.97 Å². The number of pyridine rings is 1. The Morgan fingerprint density at radius 1 is 1.53 bits per heavy atom. The molecule has 0 atom stereocenters. The molecular formula is C11H10N2O3S. The largest absolute Gasteiger partial charge is 0.478 e. The number of hydrogen-bond donors (Lipinski definition) is 1. The normalized spacial score (nSPS) is 10.4. The van der Waals surface area contributed by atoms with Gasteiger partial charge in [0.1, 0.15) is 11.3 Å². The number of aromatic carboxylic acids is 1. The Labute approximate surface area is 102 Å². The zero-order valence-electron chi connectivity index (χ0n) is 9.08. The van der Waals surface area contributed by atoms with Gasteiger partial charge in [0.25, 0.3) is 5.22 Å². The number of aryl methyl sites for hydroxylation is 1. The highest BCUT2D eigenvalue weighted by molar-refractivity contribution is 7.99. The van der Waals surface area contributed by atoms with Gasteiger partial charge in [0, 0.05) is 5.69 Å². The van der Waals surface area contributed by atoms with E-state index in [0.717, 1.165) is 5.69 Å². The van der Waals surface area contributed by atoms with Crippen LogP contribution < -0.4 is 0 Å². The van der Waals surface area contributed by atoms with E-state index in [2.05, 4.69) is 9.97 Å². The summed E-state index contributed by atoms with van der Waals surface area (Å²) in [5.41, 5.74) is 0.963. The van der Waals surface area contributed by atoms with Crippen LogP contribution in [-0.2, 0) is 6.42 Å². The average Bonchev–Trinajstić information content (AvgIpc) is 2.81. The Balaban J connectivity index is 2.33. The summed E-state index contributed by atoms with van der Waals surface area (Å²) in [6.07, 6.45) is 3.68. The van der Waals surface area contributed by atoms with Crippen molar-refractivity contribution in [3.8, 4) is 0 Å². The highest BCUT2D eigenvalue weighted by atomic mass is 32.2. The van der Waals surface area contributed by atoms with Crippen molar-refractivity contribution in [2.45, 2.75) is 23.6 Å². The van der Waals surface area contributed by atoms with Crippen LogP contribution in [-0.4, -0.2) is 21.0 Å². The first kappa shape index (κ1) is 11.7. The van der Waals surface area contributed by atoms with Crippen LogP contribution in [0.2, 0.25) is 0 Å². The van der Waals surface area contributed by atoms with Gasteiger partial charge in [-0.1, -0.05) is 6.92 Å². The molecule has 17 heavy (non-hydrogen) atoms. The molecule has 0 amide bonds. The molecule has 5 nitrogen and oxygen atoms in total. The van der Waals surface area contributed by atoms with E-state index in [1.807, 2.05) is 6.92 Å². The molecule has 0 fully saturated rings. The van der Waals surface area contributed by atoms with Crippen molar-refractivity contribution in [2.24, 2.45) is 0 Å². The fourth-order valence-corrected chi connectivity index (χ4v) is 2.01. The van der Waals surface area contributed by atoms with Crippen LogP contribution in [0.15, 0.2) is 39.3 Å². The predicted octanol–water partition coefficient (Wildman–Crippen LogP) is 2.48. The lowest BCUT2D eigenvalue weighted by atomic mass is 10.2. The minimum Gasteiger partial charge on any atom is -0.478 e. The summed E-state index contributed by atoms with van der Waals surface area (Å²) in [4.78, 5) is 19.2. The van der Waals surface area contributed by atoms with Crippen molar-refractivity contribution in [3.63, 3.8) is 0 Å². The predicted molar refractivity (Wildman–Crippen MR) is 61.2 cm³/mol. The molecule has 0 unspecified atom stereocenters. The zero-order valence-corrected chi connectivity index (χ0v) is 9.90. The molecule has 0 aliphatic rings. The van der Waals surface area contributed by atoms with Gasteiger partial charge < -0.3 is 9.52 Å². The minimum atomic E-state index is -0.962. The van der Waals surface area contributed by atoms with Crippen molar-refractivity contribution in [1.82, 2.24) is 9.97 Å². The van der Waals surface area contributed by atoms with Crippen LogP contribution in [0.4, 0.5) is 0 Å². The van der Waals surface area contributed by atoms with Gasteiger partial charge in [0.15, 0.2) is 0 Å². The number of carboxylic acid groups (broad SMARTS) is 1. The van der Waals surface area contributed by atoms with E-state index in [-0.39, 0.29) is 5.56 Å². The standard InChI is InChI=1S/C11H10N2O3S/c1-2-8-5-7(10(14)15)6-9(13-8)17-11-12-3-4-16-11/h3-6H,2H2,1H3,(H,14,15). The van der Waals surface area contributed by atoms with E-state index >= 15 is 0 Å². The molecule has 2 rings (SSSR count). The molecule has 2 aromatic heterocycles. The summed E-state index contributed by atoms with van der Waals surface area (Å²) in [7, 11) is 0. The van der Waals surface area contributed by atoms with Gasteiger partial charge in [-0.2, -0.15) is 0 Å². The Kier molecular flexibility index (Phi) is 3.43. The summed E-state index contributed by atoms with van der Waals surface area (Å²) in [5.74, 6) is -0.962. The number of rotatable bonds is 4. The monoisotopic (exact) mass is 250 g/mol. The molecule has 0 aromatic carbocycles. The third-order valence-electron chi connectivity index (χ3n) is 2.07. The van der Waals surface area contributed by atoms with Crippen LogP contribution in [0, 0.1) is 0 Å². The molecule has 0 aliphatic heterocycles. The Hall–Kier alpha value is -1.82. The van der Waals surface area contributed by atoms with Crippen LogP contribution >= 0.6 is 11.8 Å². The zero-order chi connectivity index (χ0) is 12.3. The lowest BCUT2D eigenvalue weighted by Crippen LogP contribution is -2.00. The first-order valence-electron chi connectivity index (χ1n) is 5.00. The second kappa shape index (κ2) is 5.01. The number of carboxylic acids is 1. The minimum absolute atomic E-state index is 0.228. The third kappa shape index (κ3) is 2.85. The Morgan fingerprint density at radius 2 is 2.35 bits per heavy atom. The van der Waals surface area contributed by atoms with Gasteiger partial charge in [-0.05, 0) is 30.3 Å². The quantitative estimate of drug-likeness (QED) is 0.898. The van der Waals surface area contributed by atoms with E-state index < -0.39 is 5.97 Å². The first-order valence-corrected chi connectivity index (χ1v) is 5.82. The first-order chi connectivity index (χ1) is 8.19. The molecule has 1 N–H and O–H groups in total. The van der Waals surface area contributed by atoms with Gasteiger partial charge in [-0.25, -0.2) is 14.8 Å². The van der Waals surface area contributed by atoms with Gasteiger partial charge in [0.05, 0.1) is 11.8 Å². The van der Waals surface area contributed by atoms with Crippen molar-refractivity contribution in [2.75, 3.05) is 0 Å². The van der Waals surface area contributed by atoms with Crippen LogP contribution in [0.1, 0.15) is 23.0 Å². The number of carbonyl (C=O) groups is 1. The number of oxazole rings is 1. The lowest BCUT2D eigenvalue weighted by Gasteiger charge is -2.03. The molecule has 2 aromatic rings. The maximum absolute atomic E-state index is 10.9. The molecule has 0 saturated heterocycles. The fourth-order valence-electron chi connectivity index (χ4n) is 1.27. The molecular weight excluding hydrogens is 240 g/mol. The molecule has 0 spiro atoms. The second-order valence-electron chi connectivity index (χ2n) is 3.24. The Morgan fingerprint density at radius 3 is 2.94 bits per heavy atom. The summed E-state index contributed by atoms with van der Waals surface area (Å²) in [6.45, 7) is 1.92. The van der Waals surface area contributed by atoms with Gasteiger partial charge in [0.2, 0.25) is 0 Å². The maximum Gasteiger partial charge on any atom is 0.335 e.